The lowest BCUT2D eigenvalue weighted by atomic mass is 9.86. The third-order valence-electron chi connectivity index (χ3n) is 6.03. The molecule has 0 saturated carbocycles. The van der Waals surface area contributed by atoms with Crippen molar-refractivity contribution in [3.63, 3.8) is 0 Å². The average molecular weight is 478 g/mol. The molecule has 1 aromatic carbocycles. The van der Waals surface area contributed by atoms with Gasteiger partial charge >= 0.3 is 11.9 Å². The molecular formula is C24H29F2N3O5. The third-order valence-corrected chi connectivity index (χ3v) is 6.03. The van der Waals surface area contributed by atoms with E-state index in [1.165, 1.54) is 0 Å². The summed E-state index contributed by atoms with van der Waals surface area (Å²) < 4.78 is 45.5. The number of aromatic amines is 1. The van der Waals surface area contributed by atoms with Crippen LogP contribution in [-0.2, 0) is 30.3 Å². The van der Waals surface area contributed by atoms with E-state index in [4.69, 9.17) is 14.2 Å². The fraction of sp³-hybridized carbons (Fsp3) is 0.542. The number of ether oxygens (including phenoxy) is 3. The molecule has 184 valence electrons. The van der Waals surface area contributed by atoms with Crippen LogP contribution in [0.2, 0.25) is 0 Å². The molecule has 2 aliphatic heterocycles. The van der Waals surface area contributed by atoms with Gasteiger partial charge in [0.2, 0.25) is 0 Å². The van der Waals surface area contributed by atoms with Crippen molar-refractivity contribution in [2.24, 2.45) is 5.92 Å². The smallest absolute Gasteiger partial charge is 0.328 e. The minimum absolute atomic E-state index is 0.0351. The van der Waals surface area contributed by atoms with Crippen molar-refractivity contribution in [2.45, 2.75) is 64.4 Å². The fourth-order valence-corrected chi connectivity index (χ4v) is 4.64. The van der Waals surface area contributed by atoms with Crippen LogP contribution in [0.5, 0.6) is 0 Å². The Morgan fingerprint density at radius 3 is 2.71 bits per heavy atom. The number of halogens is 2. The zero-order valence-electron chi connectivity index (χ0n) is 19.6. The molecule has 4 atom stereocenters. The van der Waals surface area contributed by atoms with Gasteiger partial charge in [0.05, 0.1) is 37.1 Å². The highest BCUT2D eigenvalue weighted by molar-refractivity contribution is 5.79. The van der Waals surface area contributed by atoms with Crippen LogP contribution in [0, 0.1) is 17.6 Å². The number of rotatable bonds is 5. The molecule has 4 rings (SSSR count). The summed E-state index contributed by atoms with van der Waals surface area (Å²) in [4.78, 5) is 27.9. The van der Waals surface area contributed by atoms with E-state index in [1.54, 1.807) is 33.9 Å². The van der Waals surface area contributed by atoms with Crippen LogP contribution in [0.15, 0.2) is 24.4 Å². The van der Waals surface area contributed by atoms with E-state index < -0.39 is 47.2 Å². The van der Waals surface area contributed by atoms with E-state index in [1.807, 2.05) is 4.90 Å². The monoisotopic (exact) mass is 477 g/mol. The number of carbonyl (C=O) groups excluding carboxylic acids is 2. The van der Waals surface area contributed by atoms with Gasteiger partial charge < -0.3 is 14.2 Å². The lowest BCUT2D eigenvalue weighted by molar-refractivity contribution is -0.175. The Morgan fingerprint density at radius 2 is 2.00 bits per heavy atom. The van der Waals surface area contributed by atoms with Crippen LogP contribution in [0.1, 0.15) is 63.1 Å². The minimum atomic E-state index is -1.02. The largest absolute Gasteiger partial charge is 0.465 e. The van der Waals surface area contributed by atoms with Crippen LogP contribution in [0.25, 0.3) is 0 Å². The molecule has 0 unspecified atom stereocenters. The van der Waals surface area contributed by atoms with E-state index >= 15 is 0 Å². The van der Waals surface area contributed by atoms with Crippen LogP contribution in [0.4, 0.5) is 8.78 Å². The van der Waals surface area contributed by atoms with Gasteiger partial charge in [-0.05, 0) is 52.3 Å². The number of H-pyrrole nitrogens is 1. The van der Waals surface area contributed by atoms with E-state index in [2.05, 4.69) is 10.2 Å². The van der Waals surface area contributed by atoms with Crippen LogP contribution < -0.4 is 0 Å². The first kappa shape index (κ1) is 24.3. The van der Waals surface area contributed by atoms with Crippen molar-refractivity contribution in [1.29, 1.82) is 0 Å². The Labute approximate surface area is 196 Å². The Morgan fingerprint density at radius 1 is 1.24 bits per heavy atom. The van der Waals surface area contributed by atoms with Gasteiger partial charge in [-0.25, -0.2) is 13.6 Å². The molecule has 1 N–H and O–H groups in total. The average Bonchev–Trinajstić information content (AvgIpc) is 3.35. The van der Waals surface area contributed by atoms with E-state index in [-0.39, 0.29) is 31.2 Å². The lowest BCUT2D eigenvalue weighted by Crippen LogP contribution is -2.48. The van der Waals surface area contributed by atoms with E-state index in [9.17, 15) is 18.4 Å². The summed E-state index contributed by atoms with van der Waals surface area (Å²) in [5, 5.41) is 6.93. The quantitative estimate of drug-likeness (QED) is 0.658. The maximum atomic E-state index is 14.6. The summed E-state index contributed by atoms with van der Waals surface area (Å²) in [6.07, 6.45) is 0.796. The predicted octanol–water partition coefficient (Wildman–Crippen LogP) is 3.60. The Kier molecular flexibility index (Phi) is 6.73. The molecule has 3 heterocycles. The number of hydrogen-bond acceptors (Lipinski definition) is 7. The highest BCUT2D eigenvalue weighted by Gasteiger charge is 2.47. The first-order valence-electron chi connectivity index (χ1n) is 11.3. The molecule has 0 spiro atoms. The second-order valence-electron chi connectivity index (χ2n) is 9.58. The molecule has 0 amide bonds. The molecule has 1 aromatic heterocycles. The summed E-state index contributed by atoms with van der Waals surface area (Å²) in [6, 6.07) is 2.00. The summed E-state index contributed by atoms with van der Waals surface area (Å²) >= 11 is 0. The summed E-state index contributed by atoms with van der Waals surface area (Å²) in [5.74, 6) is -3.19. The second kappa shape index (κ2) is 9.42. The summed E-state index contributed by atoms with van der Waals surface area (Å²) in [7, 11) is 0. The Hall–Kier alpha value is -2.85. The maximum absolute atomic E-state index is 14.6. The molecular weight excluding hydrogens is 448 g/mol. The van der Waals surface area contributed by atoms with Crippen molar-refractivity contribution in [1.82, 2.24) is 15.1 Å². The fourth-order valence-electron chi connectivity index (χ4n) is 4.64. The maximum Gasteiger partial charge on any atom is 0.328 e. The number of benzene rings is 1. The van der Waals surface area contributed by atoms with Gasteiger partial charge in [-0.15, -0.1) is 0 Å². The molecule has 34 heavy (non-hydrogen) atoms. The number of aromatic nitrogens is 2. The van der Waals surface area contributed by atoms with Crippen LogP contribution >= 0.6 is 0 Å². The van der Waals surface area contributed by atoms with E-state index in [0.29, 0.717) is 12.1 Å². The number of fused-ring (bicyclic) bond motifs is 1. The third kappa shape index (κ3) is 4.83. The summed E-state index contributed by atoms with van der Waals surface area (Å²) in [6.45, 7) is 7.65. The molecule has 0 bridgehead atoms. The Bertz CT molecular complexity index is 1070. The van der Waals surface area contributed by atoms with Crippen molar-refractivity contribution in [2.75, 3.05) is 13.2 Å². The molecule has 8 nitrogen and oxygen atoms in total. The molecule has 0 aliphatic carbocycles. The Balaban J connectivity index is 1.64. The van der Waals surface area contributed by atoms with Gasteiger partial charge in [-0.2, -0.15) is 5.10 Å². The van der Waals surface area contributed by atoms with Crippen molar-refractivity contribution < 1.29 is 32.6 Å². The van der Waals surface area contributed by atoms with Gasteiger partial charge in [0.25, 0.3) is 0 Å². The molecule has 2 aromatic rings. The van der Waals surface area contributed by atoms with Crippen LogP contribution in [-0.4, -0.2) is 51.9 Å². The predicted molar refractivity (Wildman–Crippen MR) is 116 cm³/mol. The highest BCUT2D eigenvalue weighted by atomic mass is 19.1. The zero-order chi connectivity index (χ0) is 24.6. The topological polar surface area (TPSA) is 93.8 Å². The van der Waals surface area contributed by atoms with Crippen molar-refractivity contribution >= 4 is 11.9 Å². The number of esters is 2. The van der Waals surface area contributed by atoms with Gasteiger partial charge in [0, 0.05) is 23.7 Å². The van der Waals surface area contributed by atoms with Gasteiger partial charge in [0.1, 0.15) is 23.3 Å². The van der Waals surface area contributed by atoms with Gasteiger partial charge in [-0.1, -0.05) is 0 Å². The number of carbonyl (C=O) groups is 2. The number of nitrogens with zero attached hydrogens (tertiary/aromatic N) is 2. The molecule has 2 aliphatic rings. The van der Waals surface area contributed by atoms with Gasteiger partial charge in [-0.3, -0.25) is 14.8 Å². The zero-order valence-corrected chi connectivity index (χ0v) is 19.6. The van der Waals surface area contributed by atoms with Crippen molar-refractivity contribution in [3.8, 4) is 0 Å². The first-order chi connectivity index (χ1) is 16.1. The highest BCUT2D eigenvalue weighted by Crippen LogP contribution is 2.43. The van der Waals surface area contributed by atoms with Gasteiger partial charge in [0.15, 0.2) is 0 Å². The van der Waals surface area contributed by atoms with Crippen molar-refractivity contribution in [3.05, 3.63) is 52.9 Å². The minimum Gasteiger partial charge on any atom is -0.465 e. The normalized spacial score (nSPS) is 25.1. The van der Waals surface area contributed by atoms with Crippen LogP contribution in [0.3, 0.4) is 0 Å². The van der Waals surface area contributed by atoms with E-state index in [0.717, 1.165) is 23.9 Å². The molecule has 1 saturated heterocycles. The molecule has 1 fully saturated rings. The SMILES string of the molecule is CCOC(=O)[C@H]1c2cn[nH]c2CN1[C@H]1CO[C@@H](c2cc(F)ccc2F)[C@@H](C(=O)OC(C)(C)C)C1. The lowest BCUT2D eigenvalue weighted by Gasteiger charge is -2.41. The second-order valence-corrected chi connectivity index (χ2v) is 9.58. The first-order valence-corrected chi connectivity index (χ1v) is 11.3. The summed E-state index contributed by atoms with van der Waals surface area (Å²) in [5.41, 5.74) is 0.682. The molecule has 10 heteroatoms. The molecule has 0 radical (unpaired) electrons. The number of hydrogen-bond donors (Lipinski definition) is 1. The standard InChI is InChI=1S/C24H29F2N3O5/c1-5-32-23(31)20-17-10-27-28-19(17)11-29(20)14-9-16(22(30)34-24(2,3)4)21(33-12-14)15-8-13(25)6-7-18(15)26/h6-8,10,14,16,20-21H,5,9,11-12H2,1-4H3,(H,27,28)/t14-,16+,20-,21+/m1/s1. The number of nitrogens with one attached hydrogen (secondary N) is 1.